The third-order valence-corrected chi connectivity index (χ3v) is 6.18. The summed E-state index contributed by atoms with van der Waals surface area (Å²) in [6, 6.07) is 20.1. The SMILES string of the molecule is Cc1csc(C[S@](=O)C(c2ccccc2)c2ccccc2)n1. The highest BCUT2D eigenvalue weighted by Gasteiger charge is 2.22. The Labute approximate surface area is 137 Å². The lowest BCUT2D eigenvalue weighted by Gasteiger charge is -2.17. The monoisotopic (exact) mass is 327 g/mol. The summed E-state index contributed by atoms with van der Waals surface area (Å²) in [5, 5.41) is 2.83. The van der Waals surface area contributed by atoms with Crippen molar-refractivity contribution in [1.29, 1.82) is 0 Å². The zero-order valence-corrected chi connectivity index (χ0v) is 13.9. The summed E-state index contributed by atoms with van der Waals surface area (Å²) in [6.07, 6.45) is 0. The van der Waals surface area contributed by atoms with Crippen LogP contribution in [0.5, 0.6) is 0 Å². The molecule has 0 saturated heterocycles. The minimum Gasteiger partial charge on any atom is -0.258 e. The van der Waals surface area contributed by atoms with Crippen molar-refractivity contribution in [1.82, 2.24) is 4.98 Å². The van der Waals surface area contributed by atoms with Gasteiger partial charge < -0.3 is 0 Å². The maximum atomic E-state index is 13.0. The molecule has 1 heterocycles. The number of aromatic nitrogens is 1. The molecule has 2 aromatic carbocycles. The molecule has 0 aliphatic rings. The molecule has 3 rings (SSSR count). The van der Waals surface area contributed by atoms with Gasteiger partial charge in [-0.05, 0) is 18.1 Å². The molecule has 0 aliphatic carbocycles. The van der Waals surface area contributed by atoms with Gasteiger partial charge in [0.05, 0.1) is 11.0 Å². The van der Waals surface area contributed by atoms with E-state index in [-0.39, 0.29) is 5.25 Å². The van der Waals surface area contributed by atoms with E-state index in [9.17, 15) is 4.21 Å². The third kappa shape index (κ3) is 3.51. The number of hydrogen-bond donors (Lipinski definition) is 0. The minimum absolute atomic E-state index is 0.119. The van der Waals surface area contributed by atoms with Gasteiger partial charge >= 0.3 is 0 Å². The van der Waals surface area contributed by atoms with Crippen molar-refractivity contribution in [3.8, 4) is 0 Å². The molecule has 1 aromatic heterocycles. The smallest absolute Gasteiger partial charge is 0.105 e. The molecule has 1 atom stereocenters. The first-order chi connectivity index (χ1) is 10.7. The van der Waals surface area contributed by atoms with Gasteiger partial charge in [-0.3, -0.25) is 4.21 Å². The van der Waals surface area contributed by atoms with Crippen molar-refractivity contribution in [3.05, 3.63) is 87.9 Å². The van der Waals surface area contributed by atoms with Crippen LogP contribution in [0.15, 0.2) is 66.0 Å². The summed E-state index contributed by atoms with van der Waals surface area (Å²) in [6.45, 7) is 1.97. The maximum absolute atomic E-state index is 13.0. The highest BCUT2D eigenvalue weighted by atomic mass is 32.2. The van der Waals surface area contributed by atoms with Crippen LogP contribution < -0.4 is 0 Å². The number of aryl methyl sites for hydroxylation is 1. The van der Waals surface area contributed by atoms with Gasteiger partial charge in [0.25, 0.3) is 0 Å². The maximum Gasteiger partial charge on any atom is 0.105 e. The first kappa shape index (κ1) is 15.1. The first-order valence-corrected chi connectivity index (χ1v) is 9.38. The Morgan fingerprint density at radius 3 is 2.00 bits per heavy atom. The molecule has 0 N–H and O–H groups in total. The fourth-order valence-electron chi connectivity index (χ4n) is 2.43. The summed E-state index contributed by atoms with van der Waals surface area (Å²) >= 11 is 1.58. The molecule has 0 amide bonds. The van der Waals surface area contributed by atoms with E-state index in [0.717, 1.165) is 21.8 Å². The number of benzene rings is 2. The van der Waals surface area contributed by atoms with Gasteiger partial charge in [-0.15, -0.1) is 11.3 Å². The van der Waals surface area contributed by atoms with E-state index < -0.39 is 10.8 Å². The Balaban J connectivity index is 1.93. The second-order valence-corrected chi connectivity index (χ2v) is 7.57. The Morgan fingerprint density at radius 1 is 1.00 bits per heavy atom. The van der Waals surface area contributed by atoms with E-state index in [1.54, 1.807) is 11.3 Å². The molecule has 0 radical (unpaired) electrons. The van der Waals surface area contributed by atoms with Crippen molar-refractivity contribution in [2.24, 2.45) is 0 Å². The molecule has 0 aliphatic heterocycles. The molecule has 0 unspecified atom stereocenters. The summed E-state index contributed by atoms with van der Waals surface area (Å²) in [7, 11) is -1.05. The van der Waals surface area contributed by atoms with E-state index in [1.807, 2.05) is 73.0 Å². The van der Waals surface area contributed by atoms with Crippen LogP contribution in [-0.2, 0) is 16.6 Å². The number of nitrogens with zero attached hydrogens (tertiary/aromatic N) is 1. The van der Waals surface area contributed by atoms with Gasteiger partial charge in [-0.1, -0.05) is 60.7 Å². The predicted molar refractivity (Wildman–Crippen MR) is 93.4 cm³/mol. The van der Waals surface area contributed by atoms with Crippen LogP contribution in [-0.4, -0.2) is 9.19 Å². The average molecular weight is 327 g/mol. The van der Waals surface area contributed by atoms with Crippen molar-refractivity contribution >= 4 is 22.1 Å². The third-order valence-electron chi connectivity index (χ3n) is 3.40. The molecule has 2 nitrogen and oxygen atoms in total. The standard InChI is InChI=1S/C18H17NOS2/c1-14-12-21-17(19-14)13-22(20)18(15-8-4-2-5-9-15)16-10-6-3-7-11-16/h2-12,18H,13H2,1H3/t22-/m0/s1. The summed E-state index contributed by atoms with van der Waals surface area (Å²) < 4.78 is 13.0. The fraction of sp³-hybridized carbons (Fsp3) is 0.167. The number of hydrogen-bond acceptors (Lipinski definition) is 3. The van der Waals surface area contributed by atoms with E-state index in [2.05, 4.69) is 4.98 Å². The van der Waals surface area contributed by atoms with Gasteiger partial charge in [0.2, 0.25) is 0 Å². The molecule has 0 fully saturated rings. The van der Waals surface area contributed by atoms with Gasteiger partial charge in [-0.25, -0.2) is 4.98 Å². The molecule has 112 valence electrons. The molecule has 3 aromatic rings. The number of rotatable bonds is 5. The Hall–Kier alpha value is -1.78. The Morgan fingerprint density at radius 2 is 1.55 bits per heavy atom. The lowest BCUT2D eigenvalue weighted by atomic mass is 10.0. The van der Waals surface area contributed by atoms with Gasteiger partial charge in [0.15, 0.2) is 0 Å². The highest BCUT2D eigenvalue weighted by Crippen LogP contribution is 2.30. The Kier molecular flexibility index (Phi) is 4.80. The second-order valence-electron chi connectivity index (χ2n) is 5.11. The zero-order valence-electron chi connectivity index (χ0n) is 12.3. The van der Waals surface area contributed by atoms with Crippen molar-refractivity contribution in [3.63, 3.8) is 0 Å². The largest absolute Gasteiger partial charge is 0.258 e. The van der Waals surface area contributed by atoms with Crippen LogP contribution in [0.2, 0.25) is 0 Å². The van der Waals surface area contributed by atoms with Crippen LogP contribution >= 0.6 is 11.3 Å². The quantitative estimate of drug-likeness (QED) is 0.691. The molecular weight excluding hydrogens is 310 g/mol. The predicted octanol–water partition coefficient (Wildman–Crippen LogP) is 4.49. The lowest BCUT2D eigenvalue weighted by Crippen LogP contribution is -2.10. The van der Waals surface area contributed by atoms with Gasteiger partial charge in [0, 0.05) is 21.9 Å². The van der Waals surface area contributed by atoms with E-state index in [4.69, 9.17) is 0 Å². The normalized spacial score (nSPS) is 12.5. The molecule has 0 saturated carbocycles. The fourth-order valence-corrected chi connectivity index (χ4v) is 5.00. The van der Waals surface area contributed by atoms with Crippen molar-refractivity contribution in [2.45, 2.75) is 17.9 Å². The van der Waals surface area contributed by atoms with Crippen molar-refractivity contribution in [2.75, 3.05) is 0 Å². The van der Waals surface area contributed by atoms with Crippen LogP contribution in [0.4, 0.5) is 0 Å². The lowest BCUT2D eigenvalue weighted by molar-refractivity contribution is 0.677. The van der Waals surface area contributed by atoms with Gasteiger partial charge in [0.1, 0.15) is 5.01 Å². The molecule has 22 heavy (non-hydrogen) atoms. The van der Waals surface area contributed by atoms with Crippen LogP contribution in [0.25, 0.3) is 0 Å². The van der Waals surface area contributed by atoms with Crippen LogP contribution in [0.1, 0.15) is 27.1 Å². The first-order valence-electron chi connectivity index (χ1n) is 7.12. The molecule has 0 spiro atoms. The van der Waals surface area contributed by atoms with Crippen LogP contribution in [0, 0.1) is 6.92 Å². The highest BCUT2D eigenvalue weighted by molar-refractivity contribution is 7.84. The van der Waals surface area contributed by atoms with E-state index in [1.165, 1.54) is 0 Å². The minimum atomic E-state index is -1.05. The van der Waals surface area contributed by atoms with Gasteiger partial charge in [-0.2, -0.15) is 0 Å². The topological polar surface area (TPSA) is 30.0 Å². The number of thiazole rings is 1. The average Bonchev–Trinajstić information content (AvgIpc) is 2.95. The summed E-state index contributed by atoms with van der Waals surface area (Å²) in [5.74, 6) is 0.493. The van der Waals surface area contributed by atoms with Crippen molar-refractivity contribution < 1.29 is 4.21 Å². The van der Waals surface area contributed by atoms with E-state index >= 15 is 0 Å². The summed E-state index contributed by atoms with van der Waals surface area (Å²) in [4.78, 5) is 4.45. The second kappa shape index (κ2) is 6.99. The summed E-state index contributed by atoms with van der Waals surface area (Å²) in [5.41, 5.74) is 3.16. The van der Waals surface area contributed by atoms with E-state index in [0.29, 0.717) is 5.75 Å². The Bertz CT molecular complexity index is 714. The molecule has 0 bridgehead atoms. The van der Waals surface area contributed by atoms with Crippen LogP contribution in [0.3, 0.4) is 0 Å². The molecular formula is C18H17NOS2. The zero-order chi connectivity index (χ0) is 15.4. The molecule has 4 heteroatoms.